The zero-order valence-corrected chi connectivity index (χ0v) is 14.0. The Labute approximate surface area is 134 Å². The third-order valence-electron chi connectivity index (χ3n) is 4.57. The number of aliphatic hydroxyl groups is 1. The number of piperidine rings is 1. The molecular formula is C18H29NO3. The van der Waals surface area contributed by atoms with Crippen molar-refractivity contribution in [1.82, 2.24) is 4.90 Å². The third kappa shape index (κ3) is 3.87. The molecule has 22 heavy (non-hydrogen) atoms. The highest BCUT2D eigenvalue weighted by Crippen LogP contribution is 2.36. The van der Waals surface area contributed by atoms with E-state index < -0.39 is 5.79 Å². The van der Waals surface area contributed by atoms with Crippen LogP contribution in [0.25, 0.3) is 0 Å². The molecule has 1 aromatic carbocycles. The topological polar surface area (TPSA) is 41.9 Å². The van der Waals surface area contributed by atoms with Crippen molar-refractivity contribution in [1.29, 1.82) is 0 Å². The maximum Gasteiger partial charge on any atom is 0.171 e. The van der Waals surface area contributed by atoms with E-state index in [0.717, 1.165) is 13.0 Å². The number of nitrogens with zero attached hydrogens (tertiary/aromatic N) is 1. The maximum atomic E-state index is 9.87. The van der Waals surface area contributed by atoms with Crippen molar-refractivity contribution in [3.63, 3.8) is 0 Å². The smallest absolute Gasteiger partial charge is 0.171 e. The van der Waals surface area contributed by atoms with Gasteiger partial charge in [-0.15, -0.1) is 0 Å². The molecule has 4 heteroatoms. The zero-order valence-electron chi connectivity index (χ0n) is 14.0. The monoisotopic (exact) mass is 307 g/mol. The summed E-state index contributed by atoms with van der Waals surface area (Å²) in [4.78, 5) is 2.37. The number of hydrogen-bond donors (Lipinski definition) is 1. The lowest BCUT2D eigenvalue weighted by Gasteiger charge is -2.47. The van der Waals surface area contributed by atoms with Crippen LogP contribution in [0.1, 0.15) is 45.2 Å². The molecule has 1 aromatic rings. The van der Waals surface area contributed by atoms with Crippen LogP contribution in [-0.4, -0.2) is 48.2 Å². The van der Waals surface area contributed by atoms with Crippen LogP contribution in [0.4, 0.5) is 0 Å². The maximum absolute atomic E-state index is 9.87. The average Bonchev–Trinajstić information content (AvgIpc) is 2.55. The molecule has 1 heterocycles. The first-order chi connectivity index (χ1) is 10.7. The molecular weight excluding hydrogens is 278 g/mol. The summed E-state index contributed by atoms with van der Waals surface area (Å²) in [6.07, 6.45) is 1.55. The van der Waals surface area contributed by atoms with E-state index in [0.29, 0.717) is 19.6 Å². The van der Waals surface area contributed by atoms with Crippen LogP contribution in [0.3, 0.4) is 0 Å². The van der Waals surface area contributed by atoms with Crippen molar-refractivity contribution in [2.24, 2.45) is 0 Å². The van der Waals surface area contributed by atoms with Gasteiger partial charge in [-0.3, -0.25) is 4.90 Å². The van der Waals surface area contributed by atoms with E-state index in [1.54, 1.807) is 0 Å². The fraction of sp³-hybridized carbons (Fsp3) is 0.667. The van der Waals surface area contributed by atoms with Crippen LogP contribution in [-0.2, 0) is 9.47 Å². The van der Waals surface area contributed by atoms with Gasteiger partial charge in [-0.05, 0) is 26.3 Å². The molecule has 0 radical (unpaired) electrons. The van der Waals surface area contributed by atoms with E-state index in [9.17, 15) is 5.11 Å². The highest BCUT2D eigenvalue weighted by Gasteiger charge is 2.42. The molecule has 0 bridgehead atoms. The molecule has 1 saturated heterocycles. The van der Waals surface area contributed by atoms with E-state index >= 15 is 0 Å². The number of rotatable bonds is 7. The summed E-state index contributed by atoms with van der Waals surface area (Å²) in [5.41, 5.74) is 1.28. The van der Waals surface area contributed by atoms with Crippen molar-refractivity contribution in [2.75, 3.05) is 26.4 Å². The largest absolute Gasteiger partial charge is 0.395 e. The second-order valence-electron chi connectivity index (χ2n) is 5.89. The molecule has 0 spiro atoms. The minimum absolute atomic E-state index is 0.0575. The molecule has 0 aliphatic carbocycles. The predicted octanol–water partition coefficient (Wildman–Crippen LogP) is 2.97. The van der Waals surface area contributed by atoms with Crippen LogP contribution >= 0.6 is 0 Å². The van der Waals surface area contributed by atoms with Crippen molar-refractivity contribution >= 4 is 0 Å². The number of likely N-dealkylation sites (tertiary alicyclic amines) is 1. The number of hydrogen-bond acceptors (Lipinski definition) is 4. The number of aliphatic hydroxyl groups excluding tert-OH is 1. The highest BCUT2D eigenvalue weighted by molar-refractivity contribution is 5.19. The number of ether oxygens (including phenoxy) is 2. The van der Waals surface area contributed by atoms with Gasteiger partial charge in [-0.1, -0.05) is 30.3 Å². The van der Waals surface area contributed by atoms with Gasteiger partial charge in [0.05, 0.1) is 6.61 Å². The first-order valence-corrected chi connectivity index (χ1v) is 8.35. The van der Waals surface area contributed by atoms with Crippen molar-refractivity contribution in [3.8, 4) is 0 Å². The highest BCUT2D eigenvalue weighted by atomic mass is 16.7. The summed E-state index contributed by atoms with van der Waals surface area (Å²) in [5, 5.41) is 9.87. The molecule has 1 N–H and O–H groups in total. The Bertz CT molecular complexity index is 431. The normalized spacial score (nSPS) is 23.4. The average molecular weight is 307 g/mol. The quantitative estimate of drug-likeness (QED) is 0.786. The van der Waals surface area contributed by atoms with Crippen LogP contribution in [0.15, 0.2) is 30.3 Å². The Morgan fingerprint density at radius 1 is 1.23 bits per heavy atom. The third-order valence-corrected chi connectivity index (χ3v) is 4.57. The van der Waals surface area contributed by atoms with Gasteiger partial charge in [0.1, 0.15) is 0 Å². The van der Waals surface area contributed by atoms with Crippen LogP contribution in [0.5, 0.6) is 0 Å². The standard InChI is InChI=1S/C18H29NO3/c1-4-21-18(22-5-2)11-12-19(17(13-18)14-20)15(3)16-9-7-6-8-10-16/h6-10,15,17,20H,4-5,11-14H2,1-3H3/t15?,17-/m0/s1. The zero-order chi connectivity index (χ0) is 16.0. The van der Waals surface area contributed by atoms with Crippen LogP contribution in [0, 0.1) is 0 Å². The van der Waals surface area contributed by atoms with Gasteiger partial charge in [0, 0.05) is 44.7 Å². The first-order valence-electron chi connectivity index (χ1n) is 8.35. The van der Waals surface area contributed by atoms with Gasteiger partial charge in [0.25, 0.3) is 0 Å². The van der Waals surface area contributed by atoms with Crippen molar-refractivity contribution in [2.45, 2.75) is 51.5 Å². The van der Waals surface area contributed by atoms with Gasteiger partial charge in [-0.25, -0.2) is 0 Å². The molecule has 2 rings (SSSR count). The van der Waals surface area contributed by atoms with E-state index in [2.05, 4.69) is 36.1 Å². The molecule has 0 saturated carbocycles. The number of benzene rings is 1. The molecule has 0 amide bonds. The van der Waals surface area contributed by atoms with Crippen molar-refractivity contribution in [3.05, 3.63) is 35.9 Å². The van der Waals surface area contributed by atoms with Crippen LogP contribution < -0.4 is 0 Å². The molecule has 0 aromatic heterocycles. The molecule has 1 fully saturated rings. The van der Waals surface area contributed by atoms with Gasteiger partial charge in [0.15, 0.2) is 5.79 Å². The summed E-state index contributed by atoms with van der Waals surface area (Å²) in [5.74, 6) is -0.538. The second kappa shape index (κ2) is 8.06. The lowest BCUT2D eigenvalue weighted by Crippen LogP contribution is -2.54. The first kappa shape index (κ1) is 17.4. The lowest BCUT2D eigenvalue weighted by molar-refractivity contribution is -0.265. The molecule has 1 aliphatic rings. The Morgan fingerprint density at radius 2 is 1.86 bits per heavy atom. The molecule has 1 unspecified atom stereocenters. The van der Waals surface area contributed by atoms with Gasteiger partial charge < -0.3 is 14.6 Å². The minimum atomic E-state index is -0.538. The molecule has 124 valence electrons. The SMILES string of the molecule is CCOC1(OCC)CCN(C(C)c2ccccc2)[C@H](CO)C1. The fourth-order valence-electron chi connectivity index (χ4n) is 3.49. The minimum Gasteiger partial charge on any atom is -0.395 e. The summed E-state index contributed by atoms with van der Waals surface area (Å²) in [6.45, 7) is 8.44. The Kier molecular flexibility index (Phi) is 6.38. The lowest BCUT2D eigenvalue weighted by atomic mass is 9.92. The summed E-state index contributed by atoms with van der Waals surface area (Å²) < 4.78 is 11.8. The summed E-state index contributed by atoms with van der Waals surface area (Å²) in [6, 6.07) is 10.8. The summed E-state index contributed by atoms with van der Waals surface area (Å²) in [7, 11) is 0. The van der Waals surface area contributed by atoms with E-state index in [1.807, 2.05) is 19.9 Å². The van der Waals surface area contributed by atoms with E-state index in [1.165, 1.54) is 5.56 Å². The molecule has 2 atom stereocenters. The summed E-state index contributed by atoms with van der Waals surface area (Å²) >= 11 is 0. The van der Waals surface area contributed by atoms with Gasteiger partial charge in [-0.2, -0.15) is 0 Å². The molecule has 4 nitrogen and oxygen atoms in total. The van der Waals surface area contributed by atoms with Gasteiger partial charge in [0.2, 0.25) is 0 Å². The Balaban J connectivity index is 2.12. The van der Waals surface area contributed by atoms with Crippen molar-refractivity contribution < 1.29 is 14.6 Å². The van der Waals surface area contributed by atoms with Crippen LogP contribution in [0.2, 0.25) is 0 Å². The predicted molar refractivity (Wildman–Crippen MR) is 87.7 cm³/mol. The molecule has 1 aliphatic heterocycles. The fourth-order valence-corrected chi connectivity index (χ4v) is 3.49. The van der Waals surface area contributed by atoms with E-state index in [4.69, 9.17) is 9.47 Å². The van der Waals surface area contributed by atoms with E-state index in [-0.39, 0.29) is 18.7 Å². The second-order valence-corrected chi connectivity index (χ2v) is 5.89. The Morgan fingerprint density at radius 3 is 2.41 bits per heavy atom. The van der Waals surface area contributed by atoms with Gasteiger partial charge >= 0.3 is 0 Å². The Hall–Kier alpha value is -0.940.